The minimum atomic E-state index is -3.48. The molecule has 4 N–H and O–H groups in total. The van der Waals surface area contributed by atoms with Crippen LogP contribution in [0.15, 0.2) is 35.2 Å². The summed E-state index contributed by atoms with van der Waals surface area (Å²) in [6.45, 7) is 2.57. The van der Waals surface area contributed by atoms with Crippen molar-refractivity contribution in [3.8, 4) is 0 Å². The van der Waals surface area contributed by atoms with Crippen molar-refractivity contribution in [3.05, 3.63) is 30.3 Å². The topological polar surface area (TPSA) is 97.1 Å². The van der Waals surface area contributed by atoms with E-state index in [0.29, 0.717) is 17.9 Å². The van der Waals surface area contributed by atoms with Gasteiger partial charge in [-0.2, -0.15) is 0 Å². The zero-order chi connectivity index (χ0) is 15.1. The van der Waals surface area contributed by atoms with E-state index in [2.05, 4.69) is 22.1 Å². The maximum atomic E-state index is 12.3. The molecule has 0 spiro atoms. The number of rotatable bonds is 5. The maximum absolute atomic E-state index is 12.3. The molecule has 1 aromatic heterocycles. The number of hydrazine groups is 1. The molecule has 0 bridgehead atoms. The molecule has 0 aliphatic heterocycles. The molecule has 0 atom stereocenters. The van der Waals surface area contributed by atoms with Crippen molar-refractivity contribution >= 4 is 26.7 Å². The fourth-order valence-corrected chi connectivity index (χ4v) is 3.33. The molecule has 6 nitrogen and oxygen atoms in total. The van der Waals surface area contributed by atoms with E-state index >= 15 is 0 Å². The van der Waals surface area contributed by atoms with Crippen LogP contribution in [0.3, 0.4) is 0 Å². The van der Waals surface area contributed by atoms with Crippen molar-refractivity contribution in [3.63, 3.8) is 0 Å². The first-order valence-corrected chi connectivity index (χ1v) is 8.27. The van der Waals surface area contributed by atoms with Crippen LogP contribution < -0.4 is 16.0 Å². The second-order valence-corrected chi connectivity index (χ2v) is 7.60. The third-order valence-corrected chi connectivity index (χ3v) is 5.31. The van der Waals surface area contributed by atoms with E-state index in [1.165, 1.54) is 0 Å². The second-order valence-electron chi connectivity index (χ2n) is 5.83. The summed E-state index contributed by atoms with van der Waals surface area (Å²) < 4.78 is 27.3. The highest BCUT2D eigenvalue weighted by Gasteiger charge is 2.38. The lowest BCUT2D eigenvalue weighted by molar-refractivity contribution is 0.530. The van der Waals surface area contributed by atoms with Gasteiger partial charge in [0.25, 0.3) is 0 Å². The van der Waals surface area contributed by atoms with Crippen molar-refractivity contribution in [2.75, 3.05) is 12.0 Å². The zero-order valence-corrected chi connectivity index (χ0v) is 12.6. The van der Waals surface area contributed by atoms with E-state index < -0.39 is 10.0 Å². The van der Waals surface area contributed by atoms with E-state index in [1.807, 2.05) is 0 Å². The predicted octanol–water partition coefficient (Wildman–Crippen LogP) is 1.60. The van der Waals surface area contributed by atoms with E-state index in [0.717, 1.165) is 18.2 Å². The Morgan fingerprint density at radius 1 is 1.29 bits per heavy atom. The summed E-state index contributed by atoms with van der Waals surface area (Å²) in [5.41, 5.74) is 3.29. The molecule has 1 aliphatic rings. The first-order chi connectivity index (χ1) is 9.92. The highest BCUT2D eigenvalue weighted by molar-refractivity contribution is 7.89. The van der Waals surface area contributed by atoms with Gasteiger partial charge in [-0.25, -0.2) is 24.0 Å². The molecule has 1 heterocycles. The smallest absolute Gasteiger partial charge is 0.240 e. The minimum Gasteiger partial charge on any atom is -0.308 e. The van der Waals surface area contributed by atoms with Gasteiger partial charge in [0.2, 0.25) is 10.0 Å². The normalized spacial score (nSPS) is 16.9. The fourth-order valence-electron chi connectivity index (χ4n) is 2.09. The van der Waals surface area contributed by atoms with Gasteiger partial charge < -0.3 is 5.43 Å². The molecule has 0 amide bonds. The van der Waals surface area contributed by atoms with E-state index in [-0.39, 0.29) is 10.3 Å². The van der Waals surface area contributed by atoms with Crippen molar-refractivity contribution in [2.24, 2.45) is 11.3 Å². The second kappa shape index (κ2) is 4.94. The van der Waals surface area contributed by atoms with Gasteiger partial charge in [0.15, 0.2) is 0 Å². The van der Waals surface area contributed by atoms with Gasteiger partial charge in [0.1, 0.15) is 5.82 Å². The summed E-state index contributed by atoms with van der Waals surface area (Å²) in [6, 6.07) is 8.37. The number of hydrogen-bond acceptors (Lipinski definition) is 5. The predicted molar refractivity (Wildman–Crippen MR) is 82.1 cm³/mol. The van der Waals surface area contributed by atoms with Crippen LogP contribution in [0.25, 0.3) is 10.9 Å². The number of sulfonamides is 1. The Kier molecular flexibility index (Phi) is 3.35. The SMILES string of the molecule is CC1(CNS(=O)(=O)c2ccc3nc(NN)ccc3c2)CC1. The van der Waals surface area contributed by atoms with Gasteiger partial charge in [-0.15, -0.1) is 0 Å². The van der Waals surface area contributed by atoms with Crippen LogP contribution in [0.5, 0.6) is 0 Å². The summed E-state index contributed by atoms with van der Waals surface area (Å²) in [7, 11) is -3.48. The first kappa shape index (κ1) is 14.2. The number of nitrogens with zero attached hydrogens (tertiary/aromatic N) is 1. The van der Waals surface area contributed by atoms with E-state index in [9.17, 15) is 8.42 Å². The summed E-state index contributed by atoms with van der Waals surface area (Å²) in [4.78, 5) is 4.52. The number of aromatic nitrogens is 1. The Morgan fingerprint density at radius 2 is 2.05 bits per heavy atom. The van der Waals surface area contributed by atoms with Gasteiger partial charge in [-0.05, 0) is 48.6 Å². The molecular weight excluding hydrogens is 288 g/mol. The van der Waals surface area contributed by atoms with Crippen molar-refractivity contribution < 1.29 is 8.42 Å². The zero-order valence-electron chi connectivity index (χ0n) is 11.8. The Bertz CT molecular complexity index is 785. The van der Waals surface area contributed by atoms with Crippen LogP contribution >= 0.6 is 0 Å². The van der Waals surface area contributed by atoms with Crippen LogP contribution in [-0.4, -0.2) is 19.9 Å². The van der Waals surface area contributed by atoms with E-state index in [1.54, 1.807) is 30.3 Å². The molecule has 1 aliphatic carbocycles. The average Bonchev–Trinajstić information content (AvgIpc) is 3.22. The van der Waals surface area contributed by atoms with Gasteiger partial charge in [0, 0.05) is 11.9 Å². The number of nitrogen functional groups attached to an aromatic ring is 1. The molecule has 112 valence electrons. The summed E-state index contributed by atoms with van der Waals surface area (Å²) in [5, 5.41) is 0.759. The lowest BCUT2D eigenvalue weighted by atomic mass is 10.2. The molecule has 1 saturated carbocycles. The number of nitrogens with one attached hydrogen (secondary N) is 2. The van der Waals surface area contributed by atoms with Crippen LogP contribution in [0.4, 0.5) is 5.82 Å². The lowest BCUT2D eigenvalue weighted by Crippen LogP contribution is -2.29. The summed E-state index contributed by atoms with van der Waals surface area (Å²) >= 11 is 0. The number of pyridine rings is 1. The highest BCUT2D eigenvalue weighted by Crippen LogP contribution is 2.44. The molecule has 0 radical (unpaired) electrons. The van der Waals surface area contributed by atoms with Gasteiger partial charge in [-0.3, -0.25) is 0 Å². The number of benzene rings is 1. The molecule has 1 fully saturated rings. The van der Waals surface area contributed by atoms with Gasteiger partial charge in [-0.1, -0.05) is 6.92 Å². The molecule has 7 heteroatoms. The van der Waals surface area contributed by atoms with Gasteiger partial charge >= 0.3 is 0 Å². The largest absolute Gasteiger partial charge is 0.308 e. The highest BCUT2D eigenvalue weighted by atomic mass is 32.2. The number of anilines is 1. The van der Waals surface area contributed by atoms with Crippen LogP contribution in [0.2, 0.25) is 0 Å². The number of nitrogens with two attached hydrogens (primary N) is 1. The molecule has 0 unspecified atom stereocenters. The Labute approximate surface area is 123 Å². The maximum Gasteiger partial charge on any atom is 0.240 e. The summed E-state index contributed by atoms with van der Waals surface area (Å²) in [5.74, 6) is 5.85. The van der Waals surface area contributed by atoms with Crippen molar-refractivity contribution in [1.82, 2.24) is 9.71 Å². The third kappa shape index (κ3) is 2.99. The number of fused-ring (bicyclic) bond motifs is 1. The minimum absolute atomic E-state index is 0.132. The van der Waals surface area contributed by atoms with Crippen LogP contribution in [0, 0.1) is 5.41 Å². The molecule has 21 heavy (non-hydrogen) atoms. The van der Waals surface area contributed by atoms with Crippen molar-refractivity contribution in [1.29, 1.82) is 0 Å². The first-order valence-electron chi connectivity index (χ1n) is 6.79. The Balaban J connectivity index is 1.89. The molecular formula is C14H18N4O2S. The number of hydrogen-bond donors (Lipinski definition) is 3. The molecule has 1 aromatic carbocycles. The quantitative estimate of drug-likeness (QED) is 0.576. The average molecular weight is 306 g/mol. The van der Waals surface area contributed by atoms with Gasteiger partial charge in [0.05, 0.1) is 10.4 Å². The molecule has 0 saturated heterocycles. The molecule has 2 aromatic rings. The summed E-state index contributed by atoms with van der Waals surface area (Å²) in [6.07, 6.45) is 2.15. The van der Waals surface area contributed by atoms with Crippen LogP contribution in [-0.2, 0) is 10.0 Å². The third-order valence-electron chi connectivity index (χ3n) is 3.91. The Hall–Kier alpha value is -1.70. The lowest BCUT2D eigenvalue weighted by Gasteiger charge is -2.11. The monoisotopic (exact) mass is 306 g/mol. The van der Waals surface area contributed by atoms with E-state index in [4.69, 9.17) is 5.84 Å². The van der Waals surface area contributed by atoms with Crippen LogP contribution in [0.1, 0.15) is 19.8 Å². The molecule has 3 rings (SSSR count). The van der Waals surface area contributed by atoms with Crippen molar-refractivity contribution in [2.45, 2.75) is 24.7 Å². The standard InChI is InChI=1S/C14H18N4O2S/c1-14(6-7-14)9-16-21(19,20)11-3-4-12-10(8-11)2-5-13(17-12)18-15/h2-5,8,16H,6-7,9,15H2,1H3,(H,17,18). The Morgan fingerprint density at radius 3 is 2.71 bits per heavy atom. The fraction of sp³-hybridized carbons (Fsp3) is 0.357.